The molecule has 0 spiro atoms. The zero-order chi connectivity index (χ0) is 27.6. The second-order valence-electron chi connectivity index (χ2n) is 8.27. The van der Waals surface area contributed by atoms with Gasteiger partial charge in [-0.25, -0.2) is 0 Å². The van der Waals surface area contributed by atoms with Crippen LogP contribution in [-0.4, -0.2) is 26.9 Å². The number of non-ortho nitro benzene ring substituents is 2. The molecule has 3 aromatic rings. The van der Waals surface area contributed by atoms with E-state index >= 15 is 0 Å². The van der Waals surface area contributed by atoms with E-state index in [-0.39, 0.29) is 37.5 Å². The van der Waals surface area contributed by atoms with Crippen LogP contribution in [0.2, 0.25) is 0 Å². The summed E-state index contributed by atoms with van der Waals surface area (Å²) in [5.41, 5.74) is 6.49. The highest BCUT2D eigenvalue weighted by molar-refractivity contribution is 7.07. The number of thiazole rings is 1. The predicted molar refractivity (Wildman–Crippen MR) is 140 cm³/mol. The van der Waals surface area contributed by atoms with E-state index in [0.717, 1.165) is 15.9 Å². The van der Waals surface area contributed by atoms with Crippen molar-refractivity contribution in [2.75, 3.05) is 6.54 Å². The fraction of sp³-hybridized carbons (Fsp3) is 0.160. The normalized spacial score (nSPS) is 15.1. The van der Waals surface area contributed by atoms with Gasteiger partial charge in [0.25, 0.3) is 22.8 Å². The molecular formula is C25H20N6O6S. The summed E-state index contributed by atoms with van der Waals surface area (Å²) in [6.07, 6.45) is 2.16. The van der Waals surface area contributed by atoms with Crippen LogP contribution in [0.3, 0.4) is 0 Å². The maximum Gasteiger partial charge on any atom is 0.274 e. The summed E-state index contributed by atoms with van der Waals surface area (Å²) >= 11 is 0.991. The van der Waals surface area contributed by atoms with Crippen molar-refractivity contribution in [3.05, 3.63) is 105 Å². The zero-order valence-corrected chi connectivity index (χ0v) is 20.7. The van der Waals surface area contributed by atoms with Gasteiger partial charge < -0.3 is 11.1 Å². The lowest BCUT2D eigenvalue weighted by Gasteiger charge is -2.25. The quantitative estimate of drug-likeness (QED) is 0.339. The number of fused-ring (bicyclic) bond motifs is 1. The van der Waals surface area contributed by atoms with E-state index in [4.69, 9.17) is 5.73 Å². The molecule has 2 heterocycles. The summed E-state index contributed by atoms with van der Waals surface area (Å²) in [7, 11) is 0. The number of benzene rings is 2. The Hall–Kier alpha value is -5.09. The van der Waals surface area contributed by atoms with Gasteiger partial charge in [0.05, 0.1) is 37.5 Å². The predicted octanol–water partition coefficient (Wildman–Crippen LogP) is 1.68. The highest BCUT2D eigenvalue weighted by atomic mass is 32.1. The second-order valence-corrected chi connectivity index (χ2v) is 9.30. The van der Waals surface area contributed by atoms with E-state index in [1.807, 2.05) is 13.0 Å². The van der Waals surface area contributed by atoms with Gasteiger partial charge in [0, 0.05) is 30.8 Å². The smallest absolute Gasteiger partial charge is 0.274 e. The molecule has 12 nitrogen and oxygen atoms in total. The van der Waals surface area contributed by atoms with E-state index in [1.165, 1.54) is 54.6 Å². The fourth-order valence-corrected chi connectivity index (χ4v) is 5.24. The molecule has 192 valence electrons. The lowest BCUT2D eigenvalue weighted by Crippen LogP contribution is -2.42. The maximum absolute atomic E-state index is 13.4. The first kappa shape index (κ1) is 26.0. The standard InChI is InChI=1S/C25H20N6O6S/c1-2-11-28-23(32)21-20(15-5-9-17(10-6-15)31(36)37)18(13-26)22(27)29-24(33)19(38-25(21)29)12-14-3-7-16(8-4-14)30(34)35/h3-10,12,20H,2,11,27H2,1H3,(H,28,32)/b19-12+. The van der Waals surface area contributed by atoms with E-state index in [9.17, 15) is 35.1 Å². The molecule has 0 aliphatic carbocycles. The molecule has 4 rings (SSSR count). The third kappa shape index (κ3) is 4.67. The van der Waals surface area contributed by atoms with Crippen LogP contribution in [0.5, 0.6) is 0 Å². The topological polar surface area (TPSA) is 187 Å². The van der Waals surface area contributed by atoms with E-state index in [1.54, 1.807) is 0 Å². The van der Waals surface area contributed by atoms with E-state index in [2.05, 4.69) is 5.32 Å². The number of amides is 1. The molecule has 13 heteroatoms. The Balaban J connectivity index is 2.00. The lowest BCUT2D eigenvalue weighted by molar-refractivity contribution is -0.385. The van der Waals surface area contributed by atoms with Crippen molar-refractivity contribution in [1.29, 1.82) is 5.26 Å². The Morgan fingerprint density at radius 1 is 1.13 bits per heavy atom. The van der Waals surface area contributed by atoms with Crippen LogP contribution in [0.1, 0.15) is 30.4 Å². The molecule has 1 aliphatic rings. The van der Waals surface area contributed by atoms with Gasteiger partial charge in [-0.15, -0.1) is 11.3 Å². The molecule has 38 heavy (non-hydrogen) atoms. The molecule has 1 amide bonds. The minimum atomic E-state index is -0.970. The van der Waals surface area contributed by atoms with Gasteiger partial charge >= 0.3 is 0 Å². The highest BCUT2D eigenvalue weighted by Gasteiger charge is 2.35. The fourth-order valence-electron chi connectivity index (χ4n) is 4.07. The molecule has 1 atom stereocenters. The van der Waals surface area contributed by atoms with Crippen molar-refractivity contribution in [3.8, 4) is 6.07 Å². The van der Waals surface area contributed by atoms with Gasteiger partial charge in [-0.2, -0.15) is 5.26 Å². The van der Waals surface area contributed by atoms with Gasteiger partial charge in [-0.1, -0.05) is 19.1 Å². The largest absolute Gasteiger partial charge is 0.384 e. The number of hydrogen-bond donors (Lipinski definition) is 2. The zero-order valence-electron chi connectivity index (χ0n) is 19.9. The number of rotatable bonds is 7. The summed E-state index contributed by atoms with van der Waals surface area (Å²) in [6, 6.07) is 13.0. The highest BCUT2D eigenvalue weighted by Crippen LogP contribution is 2.36. The van der Waals surface area contributed by atoms with E-state index < -0.39 is 27.2 Å². The van der Waals surface area contributed by atoms with Crippen molar-refractivity contribution in [2.24, 2.45) is 5.73 Å². The first-order valence-electron chi connectivity index (χ1n) is 11.3. The number of nitro benzene ring substituents is 2. The number of nitrogens with zero attached hydrogens (tertiary/aromatic N) is 4. The number of nitriles is 1. The van der Waals surface area contributed by atoms with Gasteiger partial charge in [-0.05, 0) is 35.8 Å². The van der Waals surface area contributed by atoms with Gasteiger partial charge in [-0.3, -0.25) is 34.4 Å². The van der Waals surface area contributed by atoms with Crippen LogP contribution >= 0.6 is 11.3 Å². The lowest BCUT2D eigenvalue weighted by atomic mass is 9.83. The molecule has 2 aromatic carbocycles. The van der Waals surface area contributed by atoms with E-state index in [0.29, 0.717) is 24.1 Å². The Bertz CT molecular complexity index is 1710. The average Bonchev–Trinajstić information content (AvgIpc) is 3.23. The van der Waals surface area contributed by atoms with Crippen molar-refractivity contribution in [2.45, 2.75) is 19.3 Å². The number of allylic oxidation sites excluding steroid dienone is 1. The van der Waals surface area contributed by atoms with Crippen LogP contribution in [0.4, 0.5) is 11.4 Å². The molecule has 0 saturated heterocycles. The minimum absolute atomic E-state index is 0.0465. The van der Waals surface area contributed by atoms with Crippen molar-refractivity contribution >= 4 is 46.1 Å². The number of nitrogens with two attached hydrogens (primary N) is 1. The number of aromatic nitrogens is 1. The minimum Gasteiger partial charge on any atom is -0.384 e. The summed E-state index contributed by atoms with van der Waals surface area (Å²) in [5.74, 6) is -1.63. The van der Waals surface area contributed by atoms with Crippen molar-refractivity contribution in [3.63, 3.8) is 0 Å². The molecule has 0 saturated carbocycles. The number of nitrogens with one attached hydrogen (secondary N) is 1. The molecular weight excluding hydrogens is 512 g/mol. The Labute approximate surface area is 218 Å². The number of carbonyl (C=O) groups excluding carboxylic acids is 1. The molecule has 1 aromatic heterocycles. The average molecular weight is 533 g/mol. The number of carbonyl (C=O) groups is 1. The van der Waals surface area contributed by atoms with Crippen molar-refractivity contribution in [1.82, 2.24) is 9.88 Å². The van der Waals surface area contributed by atoms with Crippen LogP contribution in [0, 0.1) is 31.6 Å². The molecule has 0 fully saturated rings. The second kappa shape index (κ2) is 10.5. The summed E-state index contributed by atoms with van der Waals surface area (Å²) in [5, 5.41) is 34.9. The molecule has 3 N–H and O–H groups in total. The summed E-state index contributed by atoms with van der Waals surface area (Å²) in [4.78, 5) is 47.8. The number of nitro groups is 2. The molecule has 0 radical (unpaired) electrons. The van der Waals surface area contributed by atoms with Crippen LogP contribution in [0.15, 0.2) is 58.9 Å². The van der Waals surface area contributed by atoms with Gasteiger partial charge in [0.1, 0.15) is 10.5 Å². The third-order valence-electron chi connectivity index (χ3n) is 5.89. The van der Waals surface area contributed by atoms with Crippen molar-refractivity contribution < 1.29 is 14.6 Å². The summed E-state index contributed by atoms with van der Waals surface area (Å²) < 4.78 is 1.53. The van der Waals surface area contributed by atoms with Crippen LogP contribution in [-0.2, 0) is 4.79 Å². The van der Waals surface area contributed by atoms with Gasteiger partial charge in [0.2, 0.25) is 0 Å². The Morgan fingerprint density at radius 3 is 2.24 bits per heavy atom. The Kier molecular flexibility index (Phi) is 7.17. The monoisotopic (exact) mass is 532 g/mol. The summed E-state index contributed by atoms with van der Waals surface area (Å²) in [6.45, 7) is 2.21. The SMILES string of the molecule is CCCNC(=O)C1=c2s/c(=C/c3ccc([N+](=O)[O-])cc3)c(=O)n2C(N)=C(C#N)C1c1ccc([N+](=O)[O-])cc1. The Morgan fingerprint density at radius 2 is 1.71 bits per heavy atom. The third-order valence-corrected chi connectivity index (χ3v) is 7.00. The first-order valence-corrected chi connectivity index (χ1v) is 12.1. The maximum atomic E-state index is 13.4. The molecule has 1 aliphatic heterocycles. The van der Waals surface area contributed by atoms with Crippen LogP contribution in [0.25, 0.3) is 17.5 Å². The molecule has 1 unspecified atom stereocenters. The van der Waals surface area contributed by atoms with Crippen LogP contribution < -0.4 is 25.8 Å². The van der Waals surface area contributed by atoms with Gasteiger partial charge in [0.15, 0.2) is 0 Å². The number of hydrogen-bond acceptors (Lipinski definition) is 9. The molecule has 0 bridgehead atoms. The first-order chi connectivity index (χ1) is 18.2.